The Labute approximate surface area is 181 Å². The first-order valence-corrected chi connectivity index (χ1v) is 11.1. The molecular weight excluding hydrogens is 376 g/mol. The molecule has 0 saturated carbocycles. The topological polar surface area (TPSA) is 66.8 Å². The Morgan fingerprint density at radius 2 is 1.63 bits per heavy atom. The highest BCUT2D eigenvalue weighted by molar-refractivity contribution is 5.67. The van der Waals surface area contributed by atoms with Gasteiger partial charge in [-0.3, -0.25) is 4.79 Å². The van der Waals surface area contributed by atoms with E-state index in [1.807, 2.05) is 27.7 Å². The van der Waals surface area contributed by atoms with Crippen molar-refractivity contribution >= 4 is 5.97 Å². The van der Waals surface area contributed by atoms with Crippen LogP contribution in [0, 0.1) is 20.8 Å². The summed E-state index contributed by atoms with van der Waals surface area (Å²) in [5, 5.41) is 19.1. The van der Waals surface area contributed by atoms with Crippen LogP contribution < -0.4 is 4.74 Å². The average Bonchev–Trinajstić information content (AvgIpc) is 2.69. The number of fused-ring (bicyclic) bond motifs is 1. The molecule has 4 nitrogen and oxygen atoms in total. The van der Waals surface area contributed by atoms with Crippen molar-refractivity contribution in [3.05, 3.63) is 45.6 Å². The molecule has 0 amide bonds. The lowest BCUT2D eigenvalue weighted by Gasteiger charge is -2.38. The quantitative estimate of drug-likeness (QED) is 0.440. The van der Waals surface area contributed by atoms with E-state index in [0.717, 1.165) is 72.1 Å². The summed E-state index contributed by atoms with van der Waals surface area (Å²) < 4.78 is 6.51. The molecule has 0 saturated heterocycles. The number of aliphatic carboxylic acids is 1. The fourth-order valence-electron chi connectivity index (χ4n) is 4.15. The second-order valence-electron chi connectivity index (χ2n) is 9.16. The first-order valence-electron chi connectivity index (χ1n) is 11.1. The number of carbonyl (C=O) groups is 1. The van der Waals surface area contributed by atoms with Crippen LogP contribution in [-0.2, 0) is 11.2 Å². The number of carboxylic acids is 1. The smallest absolute Gasteiger partial charge is 0.303 e. The molecule has 1 aliphatic rings. The predicted octanol–water partition coefficient (Wildman–Crippen LogP) is 6.72. The summed E-state index contributed by atoms with van der Waals surface area (Å²) in [6.07, 6.45) is 11.1. The lowest BCUT2D eigenvalue weighted by Crippen LogP contribution is -2.37. The lowest BCUT2D eigenvalue weighted by atomic mass is 9.85. The van der Waals surface area contributed by atoms with Crippen molar-refractivity contribution in [1.82, 2.24) is 0 Å². The van der Waals surface area contributed by atoms with Gasteiger partial charge in [0.1, 0.15) is 17.1 Å². The molecule has 0 aliphatic carbocycles. The molecule has 0 fully saturated rings. The van der Waals surface area contributed by atoms with Crippen molar-refractivity contribution in [2.24, 2.45) is 0 Å². The van der Waals surface area contributed by atoms with E-state index in [4.69, 9.17) is 9.84 Å². The third-order valence-electron chi connectivity index (χ3n) is 6.52. The van der Waals surface area contributed by atoms with Gasteiger partial charge in [0.05, 0.1) is 0 Å². The zero-order valence-corrected chi connectivity index (χ0v) is 19.5. The maximum atomic E-state index is 10.6. The minimum atomic E-state index is -0.739. The Hall–Kier alpha value is -2.23. The monoisotopic (exact) mass is 414 g/mol. The second-order valence-corrected chi connectivity index (χ2v) is 9.16. The molecule has 1 atom stereocenters. The Bertz CT molecular complexity index is 847. The first-order chi connectivity index (χ1) is 14.0. The molecule has 166 valence electrons. The maximum absolute atomic E-state index is 10.6. The molecule has 1 unspecified atom stereocenters. The van der Waals surface area contributed by atoms with Gasteiger partial charge in [-0.2, -0.15) is 0 Å². The number of aromatic hydroxyl groups is 1. The van der Waals surface area contributed by atoms with Gasteiger partial charge in [0.25, 0.3) is 0 Å². The number of hydrogen-bond donors (Lipinski definition) is 2. The van der Waals surface area contributed by atoms with E-state index in [-0.39, 0.29) is 12.0 Å². The van der Waals surface area contributed by atoms with Crippen LogP contribution in [0.3, 0.4) is 0 Å². The SMILES string of the molecule is CC(=CCCC1(C)CCc2c(C)c(O)c(C)c(C)c2O1)CCC=C(C)CCC(=O)O. The summed E-state index contributed by atoms with van der Waals surface area (Å²) in [6.45, 7) is 12.3. The average molecular weight is 415 g/mol. The molecule has 2 rings (SSSR count). The van der Waals surface area contributed by atoms with Crippen LogP contribution in [0.25, 0.3) is 0 Å². The molecular formula is C26H38O4. The Balaban J connectivity index is 1.91. The van der Waals surface area contributed by atoms with Crippen LogP contribution in [0.1, 0.15) is 88.0 Å². The molecule has 4 heteroatoms. The minimum Gasteiger partial charge on any atom is -0.507 e. The van der Waals surface area contributed by atoms with Crippen molar-refractivity contribution in [3.8, 4) is 11.5 Å². The van der Waals surface area contributed by atoms with Crippen LogP contribution in [0.5, 0.6) is 11.5 Å². The zero-order valence-electron chi connectivity index (χ0n) is 19.5. The van der Waals surface area contributed by atoms with Crippen LogP contribution in [-0.4, -0.2) is 21.8 Å². The van der Waals surface area contributed by atoms with Crippen LogP contribution in [0.4, 0.5) is 0 Å². The van der Waals surface area contributed by atoms with Crippen molar-refractivity contribution in [2.45, 2.75) is 98.5 Å². The number of allylic oxidation sites excluding steroid dienone is 4. The van der Waals surface area contributed by atoms with Gasteiger partial charge in [0.2, 0.25) is 0 Å². The summed E-state index contributed by atoms with van der Waals surface area (Å²) in [6, 6.07) is 0. The summed E-state index contributed by atoms with van der Waals surface area (Å²) in [7, 11) is 0. The van der Waals surface area contributed by atoms with E-state index in [9.17, 15) is 9.90 Å². The van der Waals surface area contributed by atoms with Gasteiger partial charge in [-0.25, -0.2) is 0 Å². The normalized spacial score (nSPS) is 19.4. The van der Waals surface area contributed by atoms with E-state index >= 15 is 0 Å². The summed E-state index contributed by atoms with van der Waals surface area (Å²) in [5.74, 6) is 0.640. The number of phenols is 1. The van der Waals surface area contributed by atoms with Crippen molar-refractivity contribution in [2.75, 3.05) is 0 Å². The standard InChI is InChI=1S/C26H38O4/c1-17(9-7-10-18(2)12-13-23(27)28)11-8-15-26(6)16-14-22-21(5)24(29)19(3)20(4)25(22)30-26/h10-11,29H,7-9,12-16H2,1-6H3,(H,27,28). The molecule has 2 N–H and O–H groups in total. The molecule has 1 aliphatic heterocycles. The summed E-state index contributed by atoms with van der Waals surface area (Å²) >= 11 is 0. The number of benzene rings is 1. The lowest BCUT2D eigenvalue weighted by molar-refractivity contribution is -0.136. The fourth-order valence-corrected chi connectivity index (χ4v) is 4.15. The van der Waals surface area contributed by atoms with Gasteiger partial charge in [-0.05, 0) is 103 Å². The van der Waals surface area contributed by atoms with Gasteiger partial charge in [0, 0.05) is 12.0 Å². The maximum Gasteiger partial charge on any atom is 0.303 e. The van der Waals surface area contributed by atoms with Crippen LogP contribution in [0.2, 0.25) is 0 Å². The second kappa shape index (κ2) is 10.2. The van der Waals surface area contributed by atoms with E-state index in [1.54, 1.807) is 0 Å². The van der Waals surface area contributed by atoms with E-state index < -0.39 is 5.97 Å². The van der Waals surface area contributed by atoms with Crippen LogP contribution >= 0.6 is 0 Å². The highest BCUT2D eigenvalue weighted by Crippen LogP contribution is 2.44. The third kappa shape index (κ3) is 6.13. The molecule has 0 aromatic heterocycles. The number of rotatable bonds is 9. The molecule has 1 heterocycles. The molecule has 30 heavy (non-hydrogen) atoms. The van der Waals surface area contributed by atoms with Gasteiger partial charge >= 0.3 is 5.97 Å². The van der Waals surface area contributed by atoms with Gasteiger partial charge in [-0.15, -0.1) is 0 Å². The first kappa shape index (κ1) is 24.0. The van der Waals surface area contributed by atoms with Crippen molar-refractivity contribution in [1.29, 1.82) is 0 Å². The number of phenolic OH excluding ortho intramolecular Hbond substituents is 1. The molecule has 1 aromatic rings. The fraction of sp³-hybridized carbons (Fsp3) is 0.577. The van der Waals surface area contributed by atoms with E-state index in [1.165, 1.54) is 5.57 Å². The predicted molar refractivity (Wildman–Crippen MR) is 123 cm³/mol. The molecule has 1 aromatic carbocycles. The van der Waals surface area contributed by atoms with Crippen molar-refractivity contribution < 1.29 is 19.7 Å². The van der Waals surface area contributed by atoms with E-state index in [0.29, 0.717) is 12.2 Å². The third-order valence-corrected chi connectivity index (χ3v) is 6.52. The Morgan fingerprint density at radius 3 is 2.30 bits per heavy atom. The van der Waals surface area contributed by atoms with Gasteiger partial charge in [-0.1, -0.05) is 23.3 Å². The highest BCUT2D eigenvalue weighted by Gasteiger charge is 2.33. The number of carboxylic acid groups (broad SMARTS) is 1. The Kier molecular flexibility index (Phi) is 8.17. The molecule has 0 spiro atoms. The largest absolute Gasteiger partial charge is 0.507 e. The van der Waals surface area contributed by atoms with Crippen molar-refractivity contribution in [3.63, 3.8) is 0 Å². The minimum absolute atomic E-state index is 0.183. The van der Waals surface area contributed by atoms with Gasteiger partial charge in [0.15, 0.2) is 0 Å². The van der Waals surface area contributed by atoms with Gasteiger partial charge < -0.3 is 14.9 Å². The number of hydrogen-bond acceptors (Lipinski definition) is 3. The molecule has 0 bridgehead atoms. The summed E-state index contributed by atoms with van der Waals surface area (Å²) in [4.78, 5) is 10.6. The zero-order chi connectivity index (χ0) is 22.5. The Morgan fingerprint density at radius 1 is 1.00 bits per heavy atom. The van der Waals surface area contributed by atoms with E-state index in [2.05, 4.69) is 26.0 Å². The highest BCUT2D eigenvalue weighted by atomic mass is 16.5. The summed E-state index contributed by atoms with van der Waals surface area (Å²) in [5.41, 5.74) is 6.41. The molecule has 0 radical (unpaired) electrons. The van der Waals surface area contributed by atoms with Crippen LogP contribution in [0.15, 0.2) is 23.3 Å². The number of ether oxygens (including phenoxy) is 1.